The van der Waals surface area contributed by atoms with Gasteiger partial charge in [-0.3, -0.25) is 4.79 Å². The van der Waals surface area contributed by atoms with Crippen molar-refractivity contribution in [2.24, 2.45) is 0 Å². The first-order valence-corrected chi connectivity index (χ1v) is 7.29. The van der Waals surface area contributed by atoms with E-state index in [2.05, 4.69) is 9.97 Å². The number of nitrogens with zero attached hydrogens (tertiary/aromatic N) is 4. The average molecular weight is 316 g/mol. The lowest BCUT2D eigenvalue weighted by atomic mass is 10.2. The highest BCUT2D eigenvalue weighted by Crippen LogP contribution is 2.23. The highest BCUT2D eigenvalue weighted by molar-refractivity contribution is 5.82. The minimum absolute atomic E-state index is 0.00622. The van der Waals surface area contributed by atoms with Gasteiger partial charge in [0.25, 0.3) is 5.88 Å². The number of rotatable bonds is 4. The summed E-state index contributed by atoms with van der Waals surface area (Å²) in [5, 5.41) is 0. The van der Waals surface area contributed by atoms with Crippen molar-refractivity contribution in [1.82, 2.24) is 14.9 Å². The van der Waals surface area contributed by atoms with Crippen molar-refractivity contribution in [3.8, 4) is 5.88 Å². The molecule has 1 aromatic carbocycles. The van der Waals surface area contributed by atoms with Crippen LogP contribution >= 0.6 is 0 Å². The molecule has 1 fully saturated rings. The zero-order valence-electron chi connectivity index (χ0n) is 12.8. The van der Waals surface area contributed by atoms with Crippen molar-refractivity contribution in [2.45, 2.75) is 6.54 Å². The van der Waals surface area contributed by atoms with Gasteiger partial charge in [0.1, 0.15) is 5.82 Å². The van der Waals surface area contributed by atoms with Gasteiger partial charge in [0.15, 0.2) is 5.82 Å². The summed E-state index contributed by atoms with van der Waals surface area (Å²) >= 11 is 0. The number of anilines is 1. The molecule has 1 aromatic heterocycles. The summed E-state index contributed by atoms with van der Waals surface area (Å²) in [5.41, 5.74) is 0.908. The first-order chi connectivity index (χ1) is 11.2. The lowest BCUT2D eigenvalue weighted by Gasteiger charge is -2.35. The summed E-state index contributed by atoms with van der Waals surface area (Å²) in [6.07, 6.45) is 3.13. The van der Waals surface area contributed by atoms with Gasteiger partial charge in [-0.25, -0.2) is 14.4 Å². The molecule has 1 aliphatic heterocycles. The number of hydrogen-bond donors (Lipinski definition) is 0. The van der Waals surface area contributed by atoms with E-state index in [1.165, 1.54) is 19.2 Å². The first-order valence-electron chi connectivity index (χ1n) is 7.29. The molecule has 0 N–H and O–H groups in total. The Labute approximate surface area is 133 Å². The van der Waals surface area contributed by atoms with E-state index in [1.54, 1.807) is 29.4 Å². The van der Waals surface area contributed by atoms with Crippen LogP contribution in [0.25, 0.3) is 0 Å². The van der Waals surface area contributed by atoms with Crippen LogP contribution in [0.2, 0.25) is 0 Å². The maximum atomic E-state index is 12.9. The van der Waals surface area contributed by atoms with Gasteiger partial charge in [0.05, 0.1) is 13.7 Å². The molecule has 7 heteroatoms. The van der Waals surface area contributed by atoms with Gasteiger partial charge in [-0.15, -0.1) is 0 Å². The molecule has 0 bridgehead atoms. The second kappa shape index (κ2) is 6.60. The molecule has 120 valence electrons. The highest BCUT2D eigenvalue weighted by atomic mass is 19.1. The fraction of sp³-hybridized carbons (Fsp3) is 0.312. The quantitative estimate of drug-likeness (QED) is 0.855. The standard InChI is InChI=1S/C16H17FN4O2/c1-23-16-15(18-6-7-19-16)21-9-8-20(14(22)11-21)10-12-2-4-13(17)5-3-12/h2-7H,8-11H2,1H3. The van der Waals surface area contributed by atoms with Crippen molar-refractivity contribution in [3.63, 3.8) is 0 Å². The molecular formula is C16H17FN4O2. The molecule has 0 unspecified atom stereocenters. The smallest absolute Gasteiger partial charge is 0.257 e. The highest BCUT2D eigenvalue weighted by Gasteiger charge is 2.26. The minimum Gasteiger partial charge on any atom is -0.478 e. The predicted molar refractivity (Wildman–Crippen MR) is 82.6 cm³/mol. The van der Waals surface area contributed by atoms with Crippen molar-refractivity contribution in [3.05, 3.63) is 48.0 Å². The van der Waals surface area contributed by atoms with E-state index in [0.29, 0.717) is 31.3 Å². The van der Waals surface area contributed by atoms with Crippen LogP contribution in [0.5, 0.6) is 5.88 Å². The summed E-state index contributed by atoms with van der Waals surface area (Å²) in [5.74, 6) is 0.699. The van der Waals surface area contributed by atoms with Gasteiger partial charge in [0.2, 0.25) is 5.91 Å². The molecule has 0 atom stereocenters. The predicted octanol–water partition coefficient (Wildman–Crippen LogP) is 1.47. The molecule has 0 radical (unpaired) electrons. The molecule has 6 nitrogen and oxygen atoms in total. The summed E-state index contributed by atoms with van der Waals surface area (Å²) in [7, 11) is 1.53. The van der Waals surface area contributed by atoms with Crippen molar-refractivity contribution in [1.29, 1.82) is 0 Å². The van der Waals surface area contributed by atoms with E-state index in [9.17, 15) is 9.18 Å². The molecular weight excluding hydrogens is 299 g/mol. The van der Waals surface area contributed by atoms with Crippen molar-refractivity contribution < 1.29 is 13.9 Å². The van der Waals surface area contributed by atoms with Crippen LogP contribution < -0.4 is 9.64 Å². The van der Waals surface area contributed by atoms with Gasteiger partial charge in [0, 0.05) is 32.0 Å². The van der Waals surface area contributed by atoms with Crippen LogP contribution in [-0.4, -0.2) is 47.5 Å². The van der Waals surface area contributed by atoms with Gasteiger partial charge < -0.3 is 14.5 Å². The largest absolute Gasteiger partial charge is 0.478 e. The van der Waals surface area contributed by atoms with Gasteiger partial charge >= 0.3 is 0 Å². The monoisotopic (exact) mass is 316 g/mol. The van der Waals surface area contributed by atoms with Crippen LogP contribution in [0.15, 0.2) is 36.7 Å². The Morgan fingerprint density at radius 2 is 1.91 bits per heavy atom. The summed E-state index contributed by atoms with van der Waals surface area (Å²) in [4.78, 5) is 24.3. The van der Waals surface area contributed by atoms with E-state index in [1.807, 2.05) is 4.90 Å². The Morgan fingerprint density at radius 1 is 1.17 bits per heavy atom. The SMILES string of the molecule is COc1nccnc1N1CCN(Cc2ccc(F)cc2)C(=O)C1. The van der Waals surface area contributed by atoms with Crippen LogP contribution in [0.1, 0.15) is 5.56 Å². The number of ether oxygens (including phenoxy) is 1. The number of hydrogen-bond acceptors (Lipinski definition) is 5. The van der Waals surface area contributed by atoms with Gasteiger partial charge in [-0.1, -0.05) is 12.1 Å². The lowest BCUT2D eigenvalue weighted by Crippen LogP contribution is -2.50. The summed E-state index contributed by atoms with van der Waals surface area (Å²) in [6, 6.07) is 6.20. The fourth-order valence-electron chi connectivity index (χ4n) is 2.55. The molecule has 1 amide bonds. The third-order valence-electron chi connectivity index (χ3n) is 3.74. The topological polar surface area (TPSA) is 58.6 Å². The van der Waals surface area contributed by atoms with Gasteiger partial charge in [-0.2, -0.15) is 0 Å². The Hall–Kier alpha value is -2.70. The number of amides is 1. The minimum atomic E-state index is -0.278. The van der Waals surface area contributed by atoms with Crippen LogP contribution in [0, 0.1) is 5.82 Å². The third-order valence-corrected chi connectivity index (χ3v) is 3.74. The van der Waals surface area contributed by atoms with Crippen LogP contribution in [0.3, 0.4) is 0 Å². The number of methoxy groups -OCH3 is 1. The molecule has 1 aliphatic rings. The van der Waals surface area contributed by atoms with Crippen LogP contribution in [-0.2, 0) is 11.3 Å². The maximum absolute atomic E-state index is 12.9. The van der Waals surface area contributed by atoms with E-state index in [0.717, 1.165) is 5.56 Å². The number of carbonyl (C=O) groups is 1. The number of aromatic nitrogens is 2. The van der Waals surface area contributed by atoms with E-state index < -0.39 is 0 Å². The molecule has 1 saturated heterocycles. The number of carbonyl (C=O) groups excluding carboxylic acids is 1. The number of benzene rings is 1. The molecule has 2 heterocycles. The molecule has 23 heavy (non-hydrogen) atoms. The van der Waals surface area contributed by atoms with Crippen molar-refractivity contribution >= 4 is 11.7 Å². The molecule has 0 saturated carbocycles. The molecule has 0 spiro atoms. The lowest BCUT2D eigenvalue weighted by molar-refractivity contribution is -0.131. The van der Waals surface area contributed by atoms with Gasteiger partial charge in [-0.05, 0) is 17.7 Å². The average Bonchev–Trinajstić information content (AvgIpc) is 2.58. The number of piperazine rings is 1. The van der Waals surface area contributed by atoms with E-state index in [4.69, 9.17) is 4.74 Å². The van der Waals surface area contributed by atoms with Crippen molar-refractivity contribution in [2.75, 3.05) is 31.6 Å². The Morgan fingerprint density at radius 3 is 2.61 bits per heavy atom. The van der Waals surface area contributed by atoms with E-state index in [-0.39, 0.29) is 18.3 Å². The Balaban J connectivity index is 1.67. The summed E-state index contributed by atoms with van der Waals surface area (Å²) < 4.78 is 18.1. The zero-order valence-corrected chi connectivity index (χ0v) is 12.8. The molecule has 2 aromatic rings. The molecule has 3 rings (SSSR count). The Kier molecular flexibility index (Phi) is 4.36. The summed E-state index contributed by atoms with van der Waals surface area (Å²) in [6.45, 7) is 1.90. The van der Waals surface area contributed by atoms with E-state index >= 15 is 0 Å². The van der Waals surface area contributed by atoms with Crippen LogP contribution in [0.4, 0.5) is 10.2 Å². The Bertz CT molecular complexity index is 693. The zero-order chi connectivity index (χ0) is 16.2. The number of halogens is 1. The second-order valence-electron chi connectivity index (χ2n) is 5.25. The molecule has 0 aliphatic carbocycles. The normalized spacial score (nSPS) is 15.0. The third kappa shape index (κ3) is 3.39. The maximum Gasteiger partial charge on any atom is 0.257 e. The fourth-order valence-corrected chi connectivity index (χ4v) is 2.55. The second-order valence-corrected chi connectivity index (χ2v) is 5.25. The first kappa shape index (κ1) is 15.2.